The molecule has 3 unspecified atom stereocenters. The number of ether oxygens (including phenoxy) is 4. The zero-order chi connectivity index (χ0) is 12.5. The lowest BCUT2D eigenvalue weighted by Crippen LogP contribution is -2.51. The van der Waals surface area contributed by atoms with Crippen molar-refractivity contribution in [3.05, 3.63) is 0 Å². The summed E-state index contributed by atoms with van der Waals surface area (Å²) >= 11 is 6.07. The van der Waals surface area contributed by atoms with Crippen molar-refractivity contribution in [3.63, 3.8) is 0 Å². The van der Waals surface area contributed by atoms with Crippen LogP contribution in [0.2, 0.25) is 0 Å². The molecule has 0 radical (unpaired) electrons. The Bertz CT molecular complexity index is 191. The molecule has 3 atom stereocenters. The average Bonchev–Trinajstić information content (AvgIpc) is 2.32. The predicted octanol–water partition coefficient (Wildman–Crippen LogP) is 1.84. The average molecular weight is 267 g/mol. The molecule has 4 nitrogen and oxygen atoms in total. The summed E-state index contributed by atoms with van der Waals surface area (Å²) in [6, 6.07) is 0. The van der Waals surface area contributed by atoms with Crippen LogP contribution in [0.1, 0.15) is 19.8 Å². The standard InChI is InChI=1S/C12H23ClO4/c1-3-4-17-12-10(13)9-11(12)16-8-7-15-6-5-14-2/h10-12H,3-9H2,1-2H3. The minimum atomic E-state index is 0.0515. The summed E-state index contributed by atoms with van der Waals surface area (Å²) in [7, 11) is 1.66. The van der Waals surface area contributed by atoms with E-state index in [0.29, 0.717) is 26.4 Å². The SMILES string of the molecule is CCCOC1C(Cl)CC1OCCOCCOC. The molecule has 1 aliphatic carbocycles. The van der Waals surface area contributed by atoms with E-state index in [2.05, 4.69) is 6.92 Å². The van der Waals surface area contributed by atoms with Gasteiger partial charge < -0.3 is 18.9 Å². The normalized spacial score (nSPS) is 28.1. The molecule has 0 spiro atoms. The number of hydrogen-bond acceptors (Lipinski definition) is 4. The Balaban J connectivity index is 1.99. The number of alkyl halides is 1. The van der Waals surface area contributed by atoms with Crippen molar-refractivity contribution in [2.45, 2.75) is 37.4 Å². The molecule has 0 aromatic carbocycles. The third-order valence-electron chi connectivity index (χ3n) is 2.69. The molecule has 0 aliphatic heterocycles. The summed E-state index contributed by atoms with van der Waals surface area (Å²) in [5.74, 6) is 0. The Kier molecular flexibility index (Phi) is 8.14. The van der Waals surface area contributed by atoms with Gasteiger partial charge in [-0.25, -0.2) is 0 Å². The van der Waals surface area contributed by atoms with Crippen LogP contribution in [-0.2, 0) is 18.9 Å². The second-order valence-electron chi connectivity index (χ2n) is 4.10. The fourth-order valence-corrected chi connectivity index (χ4v) is 2.07. The van der Waals surface area contributed by atoms with E-state index in [1.165, 1.54) is 0 Å². The monoisotopic (exact) mass is 266 g/mol. The lowest BCUT2D eigenvalue weighted by molar-refractivity contribution is -0.132. The highest BCUT2D eigenvalue weighted by atomic mass is 35.5. The van der Waals surface area contributed by atoms with Gasteiger partial charge in [-0.2, -0.15) is 0 Å². The predicted molar refractivity (Wildman–Crippen MR) is 66.7 cm³/mol. The largest absolute Gasteiger partial charge is 0.382 e. The summed E-state index contributed by atoms with van der Waals surface area (Å²) in [4.78, 5) is 0. The highest BCUT2D eigenvalue weighted by molar-refractivity contribution is 6.21. The van der Waals surface area contributed by atoms with E-state index in [1.807, 2.05) is 0 Å². The molecule has 1 rings (SSSR count). The fraction of sp³-hybridized carbons (Fsp3) is 1.00. The van der Waals surface area contributed by atoms with Gasteiger partial charge in [-0.15, -0.1) is 11.6 Å². The maximum Gasteiger partial charge on any atom is 0.100 e. The molecule has 0 bridgehead atoms. The van der Waals surface area contributed by atoms with Crippen molar-refractivity contribution >= 4 is 11.6 Å². The Morgan fingerprint density at radius 2 is 1.82 bits per heavy atom. The van der Waals surface area contributed by atoms with Crippen LogP contribution < -0.4 is 0 Å². The third kappa shape index (κ3) is 5.53. The highest BCUT2D eigenvalue weighted by Crippen LogP contribution is 2.31. The molecular formula is C12H23ClO4. The van der Waals surface area contributed by atoms with Crippen LogP contribution in [0.15, 0.2) is 0 Å². The maximum atomic E-state index is 6.07. The smallest absolute Gasteiger partial charge is 0.100 e. The first-order valence-electron chi connectivity index (χ1n) is 6.23. The van der Waals surface area contributed by atoms with Crippen molar-refractivity contribution in [2.24, 2.45) is 0 Å². The van der Waals surface area contributed by atoms with Crippen molar-refractivity contribution in [1.82, 2.24) is 0 Å². The van der Waals surface area contributed by atoms with Crippen LogP contribution in [0, 0.1) is 0 Å². The molecule has 0 heterocycles. The van der Waals surface area contributed by atoms with E-state index in [9.17, 15) is 0 Å². The second kappa shape index (κ2) is 9.11. The van der Waals surface area contributed by atoms with Gasteiger partial charge in [-0.3, -0.25) is 0 Å². The number of methoxy groups -OCH3 is 1. The van der Waals surface area contributed by atoms with E-state index in [0.717, 1.165) is 19.4 Å². The van der Waals surface area contributed by atoms with Crippen LogP contribution in [0.4, 0.5) is 0 Å². The van der Waals surface area contributed by atoms with Gasteiger partial charge in [0.15, 0.2) is 0 Å². The Labute approximate surface area is 109 Å². The molecule has 1 saturated carbocycles. The topological polar surface area (TPSA) is 36.9 Å². The molecule has 102 valence electrons. The zero-order valence-corrected chi connectivity index (χ0v) is 11.4. The molecule has 0 saturated heterocycles. The molecule has 0 N–H and O–H groups in total. The van der Waals surface area contributed by atoms with Crippen LogP contribution in [0.5, 0.6) is 0 Å². The van der Waals surface area contributed by atoms with Gasteiger partial charge in [0.2, 0.25) is 0 Å². The molecule has 0 amide bonds. The molecule has 5 heteroatoms. The van der Waals surface area contributed by atoms with Crippen LogP contribution in [0.3, 0.4) is 0 Å². The minimum absolute atomic E-state index is 0.0515. The minimum Gasteiger partial charge on any atom is -0.382 e. The van der Waals surface area contributed by atoms with E-state index < -0.39 is 0 Å². The summed E-state index contributed by atoms with van der Waals surface area (Å²) in [5, 5.41) is 0.0981. The number of rotatable bonds is 10. The summed E-state index contributed by atoms with van der Waals surface area (Å²) in [6.45, 7) is 5.24. The van der Waals surface area contributed by atoms with Gasteiger partial charge in [0.25, 0.3) is 0 Å². The van der Waals surface area contributed by atoms with Gasteiger partial charge in [-0.05, 0) is 12.8 Å². The quantitative estimate of drug-likeness (QED) is 0.447. The molecule has 0 aromatic heterocycles. The summed E-state index contributed by atoms with van der Waals surface area (Å²) in [6.07, 6.45) is 2.06. The lowest BCUT2D eigenvalue weighted by atomic mass is 9.91. The Hall–Kier alpha value is 0.130. The Morgan fingerprint density at radius 3 is 2.47 bits per heavy atom. The van der Waals surface area contributed by atoms with E-state index >= 15 is 0 Å². The third-order valence-corrected chi connectivity index (χ3v) is 3.11. The lowest BCUT2D eigenvalue weighted by Gasteiger charge is -2.40. The van der Waals surface area contributed by atoms with E-state index in [4.69, 9.17) is 30.5 Å². The second-order valence-corrected chi connectivity index (χ2v) is 4.66. The maximum absolute atomic E-state index is 6.07. The molecule has 1 fully saturated rings. The van der Waals surface area contributed by atoms with Gasteiger partial charge in [0, 0.05) is 13.7 Å². The van der Waals surface area contributed by atoms with E-state index in [1.54, 1.807) is 7.11 Å². The van der Waals surface area contributed by atoms with E-state index in [-0.39, 0.29) is 17.6 Å². The van der Waals surface area contributed by atoms with Crippen LogP contribution in [0.25, 0.3) is 0 Å². The zero-order valence-electron chi connectivity index (χ0n) is 10.7. The number of hydrogen-bond donors (Lipinski definition) is 0. The van der Waals surface area contributed by atoms with Crippen LogP contribution >= 0.6 is 11.6 Å². The van der Waals surface area contributed by atoms with Gasteiger partial charge in [0.1, 0.15) is 6.10 Å². The van der Waals surface area contributed by atoms with Gasteiger partial charge in [0.05, 0.1) is 37.9 Å². The summed E-state index contributed by atoms with van der Waals surface area (Å²) in [5.41, 5.74) is 0. The molecule has 17 heavy (non-hydrogen) atoms. The van der Waals surface area contributed by atoms with Gasteiger partial charge in [-0.1, -0.05) is 6.92 Å². The Morgan fingerprint density at radius 1 is 1.06 bits per heavy atom. The highest BCUT2D eigenvalue weighted by Gasteiger charge is 2.41. The first-order chi connectivity index (χ1) is 8.29. The van der Waals surface area contributed by atoms with Crippen LogP contribution in [-0.4, -0.2) is 57.7 Å². The van der Waals surface area contributed by atoms with Crippen molar-refractivity contribution in [1.29, 1.82) is 0 Å². The van der Waals surface area contributed by atoms with Crippen molar-refractivity contribution in [3.8, 4) is 0 Å². The van der Waals surface area contributed by atoms with Crippen molar-refractivity contribution in [2.75, 3.05) is 40.1 Å². The fourth-order valence-electron chi connectivity index (χ4n) is 1.66. The molecule has 1 aliphatic rings. The van der Waals surface area contributed by atoms with Gasteiger partial charge >= 0.3 is 0 Å². The first-order valence-corrected chi connectivity index (χ1v) is 6.67. The molecular weight excluding hydrogens is 244 g/mol. The first kappa shape index (κ1) is 15.2. The van der Waals surface area contributed by atoms with Crippen molar-refractivity contribution < 1.29 is 18.9 Å². The number of halogens is 1. The summed E-state index contributed by atoms with van der Waals surface area (Å²) < 4.78 is 21.5. The molecule has 0 aromatic rings.